The molecule has 0 saturated carbocycles. The molecule has 1 aromatic heterocycles. The van der Waals surface area contributed by atoms with Crippen molar-refractivity contribution in [3.8, 4) is 0 Å². The third-order valence-electron chi connectivity index (χ3n) is 1.75. The van der Waals surface area contributed by atoms with Crippen LogP contribution in [0.2, 0.25) is 0 Å². The second-order valence-corrected chi connectivity index (χ2v) is 3.02. The molecule has 1 rings (SSSR count). The Morgan fingerprint density at radius 3 is 1.92 bits per heavy atom. The van der Waals surface area contributed by atoms with E-state index in [2.05, 4.69) is 0 Å². The van der Waals surface area contributed by atoms with Crippen molar-refractivity contribution in [2.45, 2.75) is 40.5 Å². The monoisotopic (exact) mass is 185 g/mol. The van der Waals surface area contributed by atoms with Crippen LogP contribution in [0.3, 0.4) is 0 Å². The van der Waals surface area contributed by atoms with Gasteiger partial charge in [0.05, 0.1) is 5.56 Å². The minimum atomic E-state index is -0.0162. The standard InChI is InChI=1S/C8H13NO2.C2H6/c1-5(2)7-6(3)11-9(4)8(7)10;1-2/h5H,1-4H3;1-2H3. The molecule has 1 aromatic rings. The lowest BCUT2D eigenvalue weighted by Gasteiger charge is -1.96. The van der Waals surface area contributed by atoms with Gasteiger partial charge < -0.3 is 4.52 Å². The quantitative estimate of drug-likeness (QED) is 0.673. The van der Waals surface area contributed by atoms with Gasteiger partial charge in [0.1, 0.15) is 5.76 Å². The molecule has 0 aliphatic heterocycles. The topological polar surface area (TPSA) is 35.1 Å². The summed E-state index contributed by atoms with van der Waals surface area (Å²) in [6.45, 7) is 9.79. The summed E-state index contributed by atoms with van der Waals surface area (Å²) >= 11 is 0. The molecule has 0 aromatic carbocycles. The third-order valence-corrected chi connectivity index (χ3v) is 1.75. The molecule has 13 heavy (non-hydrogen) atoms. The van der Waals surface area contributed by atoms with Crippen molar-refractivity contribution in [3.63, 3.8) is 0 Å². The molecule has 3 heteroatoms. The van der Waals surface area contributed by atoms with Crippen LogP contribution in [0.5, 0.6) is 0 Å². The van der Waals surface area contributed by atoms with Crippen LogP contribution in [0.25, 0.3) is 0 Å². The Morgan fingerprint density at radius 1 is 1.31 bits per heavy atom. The Hall–Kier alpha value is -0.990. The third kappa shape index (κ3) is 2.47. The normalized spacial score (nSPS) is 9.77. The van der Waals surface area contributed by atoms with E-state index in [4.69, 9.17) is 4.52 Å². The highest BCUT2D eigenvalue weighted by Gasteiger charge is 2.13. The van der Waals surface area contributed by atoms with E-state index in [9.17, 15) is 4.79 Å². The zero-order valence-electron chi connectivity index (χ0n) is 9.34. The molecule has 0 fully saturated rings. The zero-order chi connectivity index (χ0) is 10.6. The van der Waals surface area contributed by atoms with E-state index in [0.717, 1.165) is 11.3 Å². The van der Waals surface area contributed by atoms with Crippen molar-refractivity contribution in [2.24, 2.45) is 7.05 Å². The van der Waals surface area contributed by atoms with Gasteiger partial charge in [0.25, 0.3) is 5.56 Å². The molecule has 0 atom stereocenters. The maximum atomic E-state index is 11.3. The molecule has 76 valence electrons. The number of hydrogen-bond acceptors (Lipinski definition) is 2. The summed E-state index contributed by atoms with van der Waals surface area (Å²) in [5.74, 6) is 0.972. The number of nitrogens with zero attached hydrogens (tertiary/aromatic N) is 1. The minimum absolute atomic E-state index is 0.0162. The van der Waals surface area contributed by atoms with Gasteiger partial charge in [0.2, 0.25) is 0 Å². The Labute approximate surface area is 79.3 Å². The molecule has 0 aliphatic carbocycles. The Morgan fingerprint density at radius 2 is 1.77 bits per heavy atom. The van der Waals surface area contributed by atoms with Crippen molar-refractivity contribution < 1.29 is 4.52 Å². The molecule has 0 spiro atoms. The van der Waals surface area contributed by atoms with Crippen molar-refractivity contribution in [2.75, 3.05) is 0 Å². The van der Waals surface area contributed by atoms with Crippen LogP contribution in [0, 0.1) is 6.92 Å². The van der Waals surface area contributed by atoms with Crippen LogP contribution < -0.4 is 5.56 Å². The van der Waals surface area contributed by atoms with Gasteiger partial charge in [0.15, 0.2) is 0 Å². The van der Waals surface area contributed by atoms with Crippen LogP contribution >= 0.6 is 0 Å². The van der Waals surface area contributed by atoms with E-state index >= 15 is 0 Å². The van der Waals surface area contributed by atoms with Gasteiger partial charge in [0, 0.05) is 7.05 Å². The summed E-state index contributed by atoms with van der Waals surface area (Å²) in [6, 6.07) is 0. The van der Waals surface area contributed by atoms with Gasteiger partial charge in [-0.3, -0.25) is 4.79 Å². The summed E-state index contributed by atoms with van der Waals surface area (Å²) in [5, 5.41) is 0. The molecular weight excluding hydrogens is 166 g/mol. The van der Waals surface area contributed by atoms with Gasteiger partial charge in [-0.15, -0.1) is 0 Å². The summed E-state index contributed by atoms with van der Waals surface area (Å²) in [7, 11) is 1.63. The first-order valence-corrected chi connectivity index (χ1v) is 4.71. The highest BCUT2D eigenvalue weighted by atomic mass is 16.5. The number of rotatable bonds is 1. The second kappa shape index (κ2) is 4.90. The average Bonchev–Trinajstić information content (AvgIpc) is 2.30. The van der Waals surface area contributed by atoms with Crippen LogP contribution in [0.4, 0.5) is 0 Å². The van der Waals surface area contributed by atoms with Crippen LogP contribution in [0.1, 0.15) is 44.9 Å². The van der Waals surface area contributed by atoms with Gasteiger partial charge in [-0.05, 0) is 12.8 Å². The lowest BCUT2D eigenvalue weighted by atomic mass is 10.1. The maximum Gasteiger partial charge on any atom is 0.285 e. The lowest BCUT2D eigenvalue weighted by molar-refractivity contribution is 0.283. The van der Waals surface area contributed by atoms with Gasteiger partial charge in [-0.2, -0.15) is 4.74 Å². The Kier molecular flexibility index (Phi) is 4.52. The summed E-state index contributed by atoms with van der Waals surface area (Å²) < 4.78 is 6.38. The highest BCUT2D eigenvalue weighted by Crippen LogP contribution is 2.13. The smallest absolute Gasteiger partial charge is 0.285 e. The fourth-order valence-electron chi connectivity index (χ4n) is 1.27. The van der Waals surface area contributed by atoms with E-state index in [1.54, 1.807) is 7.05 Å². The van der Waals surface area contributed by atoms with Crippen LogP contribution in [0.15, 0.2) is 9.32 Å². The molecule has 0 bridgehead atoms. The van der Waals surface area contributed by atoms with Gasteiger partial charge >= 0.3 is 0 Å². The van der Waals surface area contributed by atoms with Gasteiger partial charge in [-0.25, -0.2) is 0 Å². The van der Waals surface area contributed by atoms with E-state index in [1.807, 2.05) is 34.6 Å². The van der Waals surface area contributed by atoms with Crippen LogP contribution in [-0.2, 0) is 7.05 Å². The first-order valence-electron chi connectivity index (χ1n) is 4.71. The SMILES string of the molecule is CC.Cc1on(C)c(=O)c1C(C)C. The molecule has 0 saturated heterocycles. The van der Waals surface area contributed by atoms with E-state index in [1.165, 1.54) is 4.74 Å². The Bertz CT molecular complexity index is 307. The molecule has 0 radical (unpaired) electrons. The predicted molar refractivity (Wildman–Crippen MR) is 54.1 cm³/mol. The molecule has 0 aliphatic rings. The van der Waals surface area contributed by atoms with Crippen molar-refractivity contribution in [1.29, 1.82) is 0 Å². The first-order chi connectivity index (χ1) is 6.04. The summed E-state index contributed by atoms with van der Waals surface area (Å²) in [5.41, 5.74) is 0.769. The molecule has 0 N–H and O–H groups in total. The lowest BCUT2D eigenvalue weighted by Crippen LogP contribution is -2.14. The molecule has 0 amide bonds. The second-order valence-electron chi connectivity index (χ2n) is 3.02. The number of aryl methyl sites for hydroxylation is 2. The van der Waals surface area contributed by atoms with Crippen molar-refractivity contribution >= 4 is 0 Å². The van der Waals surface area contributed by atoms with E-state index in [0.29, 0.717) is 0 Å². The fourth-order valence-corrected chi connectivity index (χ4v) is 1.27. The van der Waals surface area contributed by atoms with Crippen LogP contribution in [-0.4, -0.2) is 4.74 Å². The van der Waals surface area contributed by atoms with Gasteiger partial charge in [-0.1, -0.05) is 27.7 Å². The molecule has 1 heterocycles. The molecule has 0 unspecified atom stereocenters. The molecule has 3 nitrogen and oxygen atoms in total. The predicted octanol–water partition coefficient (Wildman–Crippen LogP) is 2.44. The van der Waals surface area contributed by atoms with E-state index in [-0.39, 0.29) is 11.5 Å². The molecular formula is C10H19NO2. The fraction of sp³-hybridized carbons (Fsp3) is 0.700. The largest absolute Gasteiger partial charge is 0.381 e. The summed E-state index contributed by atoms with van der Waals surface area (Å²) in [4.78, 5) is 11.3. The number of aromatic nitrogens is 1. The maximum absolute atomic E-state index is 11.3. The zero-order valence-corrected chi connectivity index (χ0v) is 9.34. The Balaban J connectivity index is 0.000000671. The van der Waals surface area contributed by atoms with Crippen molar-refractivity contribution in [1.82, 2.24) is 4.74 Å². The average molecular weight is 185 g/mol. The number of hydrogen-bond donors (Lipinski definition) is 0. The summed E-state index contributed by atoms with van der Waals surface area (Å²) in [6.07, 6.45) is 0. The van der Waals surface area contributed by atoms with Crippen molar-refractivity contribution in [3.05, 3.63) is 21.7 Å². The van der Waals surface area contributed by atoms with E-state index < -0.39 is 0 Å². The first kappa shape index (κ1) is 12.0. The minimum Gasteiger partial charge on any atom is -0.381 e. The highest BCUT2D eigenvalue weighted by molar-refractivity contribution is 5.16.